The van der Waals surface area contributed by atoms with Gasteiger partial charge in [0.15, 0.2) is 0 Å². The lowest BCUT2D eigenvalue weighted by Gasteiger charge is -2.16. The highest BCUT2D eigenvalue weighted by atomic mass is 79.9. The minimum absolute atomic E-state index is 0.0658. The molecule has 2 N–H and O–H groups in total. The molecular weight excluding hydrogens is 400 g/mol. The summed E-state index contributed by atoms with van der Waals surface area (Å²) in [5, 5.41) is 6.59. The number of halogens is 1. The summed E-state index contributed by atoms with van der Waals surface area (Å²) in [5.41, 5.74) is 1.41. The van der Waals surface area contributed by atoms with E-state index in [1.54, 1.807) is 0 Å². The highest BCUT2D eigenvalue weighted by Crippen LogP contribution is 2.29. The van der Waals surface area contributed by atoms with Crippen LogP contribution in [0.5, 0.6) is 0 Å². The number of hydrogen-bond donors (Lipinski definition) is 2. The summed E-state index contributed by atoms with van der Waals surface area (Å²) in [6, 6.07) is 9.60. The van der Waals surface area contributed by atoms with Crippen LogP contribution in [0.4, 0.5) is 5.00 Å². The molecule has 0 saturated heterocycles. The predicted octanol–water partition coefficient (Wildman–Crippen LogP) is 5.29. The van der Waals surface area contributed by atoms with Crippen LogP contribution in [0.1, 0.15) is 54.5 Å². The van der Waals surface area contributed by atoms with Crippen LogP contribution in [0, 0.1) is 12.3 Å². The zero-order valence-electron chi connectivity index (χ0n) is 15.1. The number of thiophene rings is 1. The molecule has 6 heteroatoms. The molecule has 1 atom stereocenters. The minimum Gasteiger partial charge on any atom is -0.345 e. The van der Waals surface area contributed by atoms with Gasteiger partial charge in [-0.15, -0.1) is 11.3 Å². The van der Waals surface area contributed by atoms with Crippen LogP contribution in [0.2, 0.25) is 0 Å². The Morgan fingerprint density at radius 3 is 2.32 bits per heavy atom. The number of amides is 2. The first-order valence-corrected chi connectivity index (χ1v) is 9.67. The van der Waals surface area contributed by atoms with E-state index in [2.05, 4.69) is 26.6 Å². The number of carbonyl (C=O) groups is 2. The lowest BCUT2D eigenvalue weighted by Crippen LogP contribution is -2.27. The zero-order valence-corrected chi connectivity index (χ0v) is 17.5. The van der Waals surface area contributed by atoms with Crippen LogP contribution in [-0.2, 0) is 4.79 Å². The summed E-state index contributed by atoms with van der Waals surface area (Å²) in [7, 11) is 0. The molecule has 1 aromatic carbocycles. The third-order valence-corrected chi connectivity index (χ3v) is 5.44. The van der Waals surface area contributed by atoms with Crippen molar-refractivity contribution in [1.82, 2.24) is 5.32 Å². The fourth-order valence-corrected chi connectivity index (χ4v) is 3.40. The van der Waals surface area contributed by atoms with Gasteiger partial charge < -0.3 is 10.6 Å². The van der Waals surface area contributed by atoms with Gasteiger partial charge in [0.25, 0.3) is 5.91 Å². The Morgan fingerprint density at radius 1 is 1.16 bits per heavy atom. The van der Waals surface area contributed by atoms with Crippen LogP contribution < -0.4 is 10.6 Å². The molecule has 0 spiro atoms. The molecule has 2 amide bonds. The molecule has 134 valence electrons. The molecule has 1 unspecified atom stereocenters. The van der Waals surface area contributed by atoms with Crippen LogP contribution in [0.25, 0.3) is 0 Å². The number of benzene rings is 1. The zero-order chi connectivity index (χ0) is 18.8. The third-order valence-electron chi connectivity index (χ3n) is 3.76. The van der Waals surface area contributed by atoms with Gasteiger partial charge in [-0.1, -0.05) is 48.8 Å². The molecular formula is C19H23BrN2O2S. The van der Waals surface area contributed by atoms with Crippen molar-refractivity contribution >= 4 is 44.1 Å². The fraction of sp³-hybridized carbons (Fsp3) is 0.368. The molecule has 4 nitrogen and oxygen atoms in total. The highest BCUT2D eigenvalue weighted by molar-refractivity contribution is 9.10. The second kappa shape index (κ2) is 7.70. The molecule has 0 radical (unpaired) electrons. The molecule has 0 aliphatic carbocycles. The van der Waals surface area contributed by atoms with Crippen molar-refractivity contribution in [2.45, 2.75) is 40.7 Å². The van der Waals surface area contributed by atoms with E-state index in [1.807, 2.05) is 65.0 Å². The summed E-state index contributed by atoms with van der Waals surface area (Å²) in [5.74, 6) is -0.196. The summed E-state index contributed by atoms with van der Waals surface area (Å²) in [6.45, 7) is 9.40. The van der Waals surface area contributed by atoms with E-state index < -0.39 is 5.41 Å². The first kappa shape index (κ1) is 19.7. The quantitative estimate of drug-likeness (QED) is 0.702. The number of aryl methyl sites for hydroxylation is 1. The van der Waals surface area contributed by atoms with Gasteiger partial charge in [0.1, 0.15) is 0 Å². The van der Waals surface area contributed by atoms with E-state index >= 15 is 0 Å². The van der Waals surface area contributed by atoms with Crippen molar-refractivity contribution in [3.8, 4) is 0 Å². The SMILES string of the molecule is Cc1cc(NC(=O)C(C)(C)C)sc1C(=O)NC(C)c1ccc(Br)cc1. The molecule has 0 bridgehead atoms. The van der Waals surface area contributed by atoms with Crippen molar-refractivity contribution in [2.75, 3.05) is 5.32 Å². The van der Waals surface area contributed by atoms with Crippen molar-refractivity contribution in [3.05, 3.63) is 50.8 Å². The van der Waals surface area contributed by atoms with E-state index in [4.69, 9.17) is 0 Å². The largest absolute Gasteiger partial charge is 0.345 e. The Labute approximate surface area is 161 Å². The standard InChI is InChI=1S/C19H23BrN2O2S/c1-11-10-15(22-18(24)19(3,4)5)25-16(11)17(23)21-12(2)13-6-8-14(20)9-7-13/h6-10,12H,1-5H3,(H,21,23)(H,22,24). The summed E-state index contributed by atoms with van der Waals surface area (Å²) >= 11 is 4.71. The Balaban J connectivity index is 2.09. The second-order valence-electron chi connectivity index (χ2n) is 7.07. The van der Waals surface area contributed by atoms with E-state index in [0.717, 1.165) is 15.6 Å². The molecule has 0 aliphatic rings. The number of rotatable bonds is 4. The number of hydrogen-bond acceptors (Lipinski definition) is 3. The topological polar surface area (TPSA) is 58.2 Å². The normalized spacial score (nSPS) is 12.6. The summed E-state index contributed by atoms with van der Waals surface area (Å²) < 4.78 is 1.00. The molecule has 1 aromatic heterocycles. The van der Waals surface area contributed by atoms with Gasteiger partial charge in [0.05, 0.1) is 15.9 Å². The summed E-state index contributed by atoms with van der Waals surface area (Å²) in [6.07, 6.45) is 0. The molecule has 0 saturated carbocycles. The highest BCUT2D eigenvalue weighted by Gasteiger charge is 2.23. The minimum atomic E-state index is -0.476. The van der Waals surface area contributed by atoms with E-state index in [-0.39, 0.29) is 17.9 Å². The van der Waals surface area contributed by atoms with Gasteiger partial charge in [-0.2, -0.15) is 0 Å². The van der Waals surface area contributed by atoms with E-state index in [9.17, 15) is 9.59 Å². The maximum absolute atomic E-state index is 12.6. The maximum atomic E-state index is 12.6. The molecule has 1 heterocycles. The summed E-state index contributed by atoms with van der Waals surface area (Å²) in [4.78, 5) is 25.3. The number of nitrogens with one attached hydrogen (secondary N) is 2. The van der Waals surface area contributed by atoms with E-state index in [0.29, 0.717) is 9.88 Å². The predicted molar refractivity (Wildman–Crippen MR) is 107 cm³/mol. The molecule has 2 rings (SSSR count). The molecule has 0 fully saturated rings. The third kappa shape index (κ3) is 5.16. The average Bonchev–Trinajstić information content (AvgIpc) is 2.87. The van der Waals surface area contributed by atoms with Gasteiger partial charge in [0.2, 0.25) is 5.91 Å². The van der Waals surface area contributed by atoms with Gasteiger partial charge in [0, 0.05) is 9.89 Å². The Bertz CT molecular complexity index is 776. The van der Waals surface area contributed by atoms with Gasteiger partial charge >= 0.3 is 0 Å². The fourth-order valence-electron chi connectivity index (χ4n) is 2.17. The van der Waals surface area contributed by atoms with Crippen LogP contribution in [0.3, 0.4) is 0 Å². The van der Waals surface area contributed by atoms with Crippen molar-refractivity contribution in [3.63, 3.8) is 0 Å². The smallest absolute Gasteiger partial charge is 0.262 e. The van der Waals surface area contributed by atoms with Gasteiger partial charge in [-0.05, 0) is 43.2 Å². The maximum Gasteiger partial charge on any atom is 0.262 e. The molecule has 2 aromatic rings. The van der Waals surface area contributed by atoms with Crippen LogP contribution >= 0.6 is 27.3 Å². The van der Waals surface area contributed by atoms with E-state index in [1.165, 1.54) is 11.3 Å². The Morgan fingerprint density at radius 2 is 1.76 bits per heavy atom. The molecule has 25 heavy (non-hydrogen) atoms. The Kier molecular flexibility index (Phi) is 6.06. The average molecular weight is 423 g/mol. The monoisotopic (exact) mass is 422 g/mol. The van der Waals surface area contributed by atoms with Crippen LogP contribution in [0.15, 0.2) is 34.8 Å². The number of anilines is 1. The van der Waals surface area contributed by atoms with Crippen molar-refractivity contribution in [1.29, 1.82) is 0 Å². The second-order valence-corrected chi connectivity index (χ2v) is 9.04. The number of carbonyl (C=O) groups excluding carboxylic acids is 2. The lowest BCUT2D eigenvalue weighted by atomic mass is 9.96. The lowest BCUT2D eigenvalue weighted by molar-refractivity contribution is -0.123. The van der Waals surface area contributed by atoms with Crippen LogP contribution in [-0.4, -0.2) is 11.8 Å². The first-order chi connectivity index (χ1) is 11.6. The first-order valence-electron chi connectivity index (χ1n) is 8.06. The van der Waals surface area contributed by atoms with Crippen molar-refractivity contribution in [2.24, 2.45) is 5.41 Å². The Hall–Kier alpha value is -1.66. The van der Waals surface area contributed by atoms with Crippen molar-refractivity contribution < 1.29 is 9.59 Å². The van der Waals surface area contributed by atoms with Gasteiger partial charge in [-0.25, -0.2) is 0 Å². The van der Waals surface area contributed by atoms with Gasteiger partial charge in [-0.3, -0.25) is 9.59 Å². The molecule has 0 aliphatic heterocycles.